The molecule has 1 aliphatic rings. The molecule has 4 N–H and O–H groups in total. The Kier molecular flexibility index (Phi) is 5.99. The number of hydrogen-bond acceptors (Lipinski definition) is 2. The Bertz CT molecular complexity index is 918. The summed E-state index contributed by atoms with van der Waals surface area (Å²) in [5, 5.41) is 4.81. The third-order valence-electron chi connectivity index (χ3n) is 5.22. The summed E-state index contributed by atoms with van der Waals surface area (Å²) in [6.07, 6.45) is 10.8. The summed E-state index contributed by atoms with van der Waals surface area (Å²) in [6, 6.07) is 12.6. The van der Waals surface area contributed by atoms with Gasteiger partial charge in [-0.05, 0) is 77.8 Å². The van der Waals surface area contributed by atoms with Crippen molar-refractivity contribution in [3.63, 3.8) is 0 Å². The van der Waals surface area contributed by atoms with Crippen molar-refractivity contribution in [3.8, 4) is 0 Å². The molecule has 5 rings (SSSR count). The molecule has 2 aromatic heterocycles. The van der Waals surface area contributed by atoms with Crippen LogP contribution in [0, 0.1) is 0 Å². The summed E-state index contributed by atoms with van der Waals surface area (Å²) in [6.45, 7) is 2.64. The second kappa shape index (κ2) is 8.42. The Balaban J connectivity index is 0.000000259. The Morgan fingerprint density at radius 3 is 1.63 bits per heavy atom. The summed E-state index contributed by atoms with van der Waals surface area (Å²) in [4.78, 5) is 8.60. The quantitative estimate of drug-likeness (QED) is 0.467. The smallest absolute Gasteiger partial charge is 0.0552 e. The third-order valence-corrected chi connectivity index (χ3v) is 5.22. The van der Waals surface area contributed by atoms with Gasteiger partial charge in [0.25, 0.3) is 0 Å². The first kappa shape index (κ1) is 19.2. The van der Waals surface area contributed by atoms with Crippen LogP contribution >= 0.6 is 0 Å². The van der Waals surface area contributed by atoms with E-state index in [1.165, 1.54) is 47.5 Å². The summed E-state index contributed by atoms with van der Waals surface area (Å²) >= 11 is 0. The number of likely N-dealkylation sites (tertiary alicyclic amines) is 1. The highest BCUT2D eigenvalue weighted by atomic mass is 15.1. The minimum atomic E-state index is -0.103. The van der Waals surface area contributed by atoms with Gasteiger partial charge in [0, 0.05) is 24.8 Å². The molecule has 0 spiro atoms. The fourth-order valence-corrected chi connectivity index (χ4v) is 3.60. The lowest BCUT2D eigenvalue weighted by molar-refractivity contribution is 0.418. The molecular weight excluding hydrogens is 332 g/mol. The molecule has 0 radical (unpaired) electrons. The average Bonchev–Trinajstić information content (AvgIpc) is 3.41. The number of nitrogens with zero attached hydrogens (tertiary/aromatic N) is 1. The Labute approximate surface area is 161 Å². The lowest BCUT2D eigenvalue weighted by Gasteiger charge is -2.13. The van der Waals surface area contributed by atoms with E-state index in [-0.39, 0.29) is 13.5 Å². The van der Waals surface area contributed by atoms with Crippen LogP contribution in [0.3, 0.4) is 0 Å². The molecule has 3 heterocycles. The summed E-state index contributed by atoms with van der Waals surface area (Å²) in [5.41, 5.74) is 8.68. The summed E-state index contributed by atoms with van der Waals surface area (Å²) in [7, 11) is 2.17. The molecule has 0 atom stereocenters. The fraction of sp³-hybridized carbons (Fsp3) is 0.304. The van der Waals surface area contributed by atoms with Crippen LogP contribution in [-0.4, -0.2) is 35.0 Å². The van der Waals surface area contributed by atoms with Crippen molar-refractivity contribution in [2.75, 3.05) is 20.1 Å². The van der Waals surface area contributed by atoms with Crippen molar-refractivity contribution in [1.82, 2.24) is 14.9 Å². The maximum absolute atomic E-state index is 6.42. The van der Waals surface area contributed by atoms with E-state index in [0.717, 1.165) is 11.1 Å². The number of benzene rings is 2. The first-order chi connectivity index (χ1) is 12.7. The fourth-order valence-electron chi connectivity index (χ4n) is 3.60. The first-order valence-electron chi connectivity index (χ1n) is 9.28. The molecule has 1 saturated heterocycles. The van der Waals surface area contributed by atoms with E-state index in [1.807, 2.05) is 24.8 Å². The number of nitrogens with one attached hydrogen (secondary N) is 2. The first-order valence-corrected chi connectivity index (χ1v) is 9.28. The van der Waals surface area contributed by atoms with Crippen LogP contribution in [0.25, 0.3) is 21.5 Å². The van der Waals surface area contributed by atoms with Gasteiger partial charge < -0.3 is 20.6 Å². The van der Waals surface area contributed by atoms with Crippen molar-refractivity contribution in [2.45, 2.75) is 26.3 Å². The highest BCUT2D eigenvalue weighted by Gasteiger charge is 2.10. The lowest BCUT2D eigenvalue weighted by atomic mass is 9.97. The van der Waals surface area contributed by atoms with E-state index in [2.05, 4.69) is 58.3 Å². The zero-order valence-corrected chi connectivity index (χ0v) is 15.2. The molecule has 0 saturated carbocycles. The summed E-state index contributed by atoms with van der Waals surface area (Å²) < 4.78 is 0. The van der Waals surface area contributed by atoms with E-state index in [4.69, 9.17) is 5.73 Å². The zero-order chi connectivity index (χ0) is 17.9. The predicted molar refractivity (Wildman–Crippen MR) is 116 cm³/mol. The van der Waals surface area contributed by atoms with Crippen molar-refractivity contribution in [1.29, 1.82) is 0 Å². The molecular formula is C23H30N4. The predicted octanol–water partition coefficient (Wildman–Crippen LogP) is 5.05. The molecule has 2 aromatic carbocycles. The number of nitrogens with two attached hydrogens (primary N) is 1. The molecule has 27 heavy (non-hydrogen) atoms. The number of aromatic nitrogens is 2. The van der Waals surface area contributed by atoms with Gasteiger partial charge in [0.1, 0.15) is 0 Å². The maximum Gasteiger partial charge on any atom is 0.0552 e. The molecule has 1 fully saturated rings. The number of H-pyrrole nitrogens is 2. The topological polar surface area (TPSA) is 60.8 Å². The standard InChI is InChI=1S/C17H15N3.C5H11N.CH4/c18-17(11-1-3-13-7-19-9-15(13)5-11)12-2-4-14-8-20-10-16(14)6-12;1-6-4-2-3-5-6;/h1-10,17,19-20H,18H2;2-5H2,1H3;1H4. The van der Waals surface area contributed by atoms with Gasteiger partial charge in [-0.1, -0.05) is 31.7 Å². The average molecular weight is 363 g/mol. The Morgan fingerprint density at radius 1 is 0.778 bits per heavy atom. The van der Waals surface area contributed by atoms with Crippen molar-refractivity contribution >= 4 is 21.5 Å². The Morgan fingerprint density at radius 2 is 1.22 bits per heavy atom. The minimum absolute atomic E-state index is 0. The maximum atomic E-state index is 6.42. The largest absolute Gasteiger partial charge is 0.366 e. The van der Waals surface area contributed by atoms with Gasteiger partial charge in [0.05, 0.1) is 6.04 Å². The highest BCUT2D eigenvalue weighted by molar-refractivity contribution is 5.84. The number of fused-ring (bicyclic) bond motifs is 2. The van der Waals surface area contributed by atoms with Crippen molar-refractivity contribution < 1.29 is 0 Å². The number of aromatic amines is 2. The van der Waals surface area contributed by atoms with Crippen molar-refractivity contribution in [2.24, 2.45) is 5.73 Å². The highest BCUT2D eigenvalue weighted by Crippen LogP contribution is 2.26. The van der Waals surface area contributed by atoms with Crippen LogP contribution in [0.4, 0.5) is 0 Å². The van der Waals surface area contributed by atoms with E-state index < -0.39 is 0 Å². The van der Waals surface area contributed by atoms with Crippen LogP contribution in [0.2, 0.25) is 0 Å². The van der Waals surface area contributed by atoms with E-state index in [9.17, 15) is 0 Å². The number of hydrogen-bond donors (Lipinski definition) is 3. The minimum Gasteiger partial charge on any atom is -0.366 e. The van der Waals surface area contributed by atoms with Gasteiger partial charge in [-0.25, -0.2) is 0 Å². The van der Waals surface area contributed by atoms with Gasteiger partial charge in [0.15, 0.2) is 0 Å². The van der Waals surface area contributed by atoms with Gasteiger partial charge in [0.2, 0.25) is 0 Å². The van der Waals surface area contributed by atoms with Gasteiger partial charge >= 0.3 is 0 Å². The normalized spacial score (nSPS) is 14.3. The third kappa shape index (κ3) is 4.24. The molecule has 0 bridgehead atoms. The van der Waals surface area contributed by atoms with Crippen LogP contribution in [-0.2, 0) is 0 Å². The van der Waals surface area contributed by atoms with Crippen LogP contribution in [0.5, 0.6) is 0 Å². The lowest BCUT2D eigenvalue weighted by Crippen LogP contribution is -2.11. The van der Waals surface area contributed by atoms with Crippen molar-refractivity contribution in [3.05, 3.63) is 72.3 Å². The molecule has 0 amide bonds. The van der Waals surface area contributed by atoms with Crippen LogP contribution < -0.4 is 5.73 Å². The molecule has 0 unspecified atom stereocenters. The SMILES string of the molecule is C.CN1CCCC1.NC(c1ccc2c[nH]cc2c1)c1ccc2c[nH]cc2c1. The second-order valence-corrected chi connectivity index (χ2v) is 7.18. The Hall–Kier alpha value is -2.56. The molecule has 4 heteroatoms. The zero-order valence-electron chi connectivity index (χ0n) is 15.2. The van der Waals surface area contributed by atoms with E-state index in [0.29, 0.717) is 0 Å². The molecule has 0 aliphatic carbocycles. The number of rotatable bonds is 2. The monoisotopic (exact) mass is 362 g/mol. The van der Waals surface area contributed by atoms with Crippen LogP contribution in [0.1, 0.15) is 37.4 Å². The van der Waals surface area contributed by atoms with E-state index >= 15 is 0 Å². The second-order valence-electron chi connectivity index (χ2n) is 7.18. The molecule has 142 valence electrons. The molecule has 4 nitrogen and oxygen atoms in total. The molecule has 4 aromatic rings. The molecule has 1 aliphatic heterocycles. The summed E-state index contributed by atoms with van der Waals surface area (Å²) in [5.74, 6) is 0. The van der Waals surface area contributed by atoms with Crippen LogP contribution in [0.15, 0.2) is 61.2 Å². The van der Waals surface area contributed by atoms with E-state index in [1.54, 1.807) is 0 Å². The van der Waals surface area contributed by atoms with Gasteiger partial charge in [-0.15, -0.1) is 0 Å². The van der Waals surface area contributed by atoms with Gasteiger partial charge in [-0.3, -0.25) is 0 Å². The van der Waals surface area contributed by atoms with Gasteiger partial charge in [-0.2, -0.15) is 0 Å².